The number of imide groups is 1. The van der Waals surface area contributed by atoms with Crippen LogP contribution in [-0.4, -0.2) is 69.8 Å². The van der Waals surface area contributed by atoms with Gasteiger partial charge in [-0.2, -0.15) is 17.7 Å². The summed E-state index contributed by atoms with van der Waals surface area (Å²) >= 11 is 5.87. The van der Waals surface area contributed by atoms with Gasteiger partial charge in [0.05, 0.1) is 38.9 Å². The van der Waals surface area contributed by atoms with Crippen LogP contribution in [0.2, 0.25) is 5.15 Å². The van der Waals surface area contributed by atoms with E-state index in [9.17, 15) is 39.6 Å². The second kappa shape index (κ2) is 12.5. The lowest BCUT2D eigenvalue weighted by molar-refractivity contribution is -0.780. The quantitative estimate of drug-likeness (QED) is 0.217. The molecule has 5 rings (SSSR count). The molecule has 3 aromatic rings. The lowest BCUT2D eigenvalue weighted by atomic mass is 9.99. The van der Waals surface area contributed by atoms with Crippen LogP contribution in [0, 0.1) is 0 Å². The number of halogens is 4. The molecule has 240 valence electrons. The maximum atomic E-state index is 14.0. The Hall–Kier alpha value is -3.21. The molecular weight excluding hydrogens is 657 g/mol. The van der Waals surface area contributed by atoms with Crippen molar-refractivity contribution in [3.05, 3.63) is 83.1 Å². The molecule has 0 radical (unpaired) electrons. The molecule has 0 unspecified atom stereocenters. The van der Waals surface area contributed by atoms with Gasteiger partial charge in [0.15, 0.2) is 0 Å². The van der Waals surface area contributed by atoms with Gasteiger partial charge in [-0.3, -0.25) is 0 Å². The number of pyridine rings is 1. The number of carbonyl (C=O) groups excluding carboxylic acids is 2. The van der Waals surface area contributed by atoms with Gasteiger partial charge in [-0.15, -0.1) is 0 Å². The summed E-state index contributed by atoms with van der Waals surface area (Å²) in [6.45, 7) is 0.344. The Kier molecular flexibility index (Phi) is 9.23. The minimum atomic E-state index is -5.11. The van der Waals surface area contributed by atoms with Gasteiger partial charge in [-0.25, -0.2) is 36.1 Å². The van der Waals surface area contributed by atoms with E-state index in [0.29, 0.717) is 25.1 Å². The van der Waals surface area contributed by atoms with Crippen LogP contribution >= 0.6 is 11.6 Å². The van der Waals surface area contributed by atoms with Gasteiger partial charge in [0.2, 0.25) is 19.9 Å². The molecule has 1 atom stereocenters. The summed E-state index contributed by atoms with van der Waals surface area (Å²) in [6, 6.07) is 9.87. The number of sulfone groups is 1. The lowest BCUT2D eigenvalue weighted by Gasteiger charge is -2.40. The zero-order valence-corrected chi connectivity index (χ0v) is 26.0. The summed E-state index contributed by atoms with van der Waals surface area (Å²) < 4.78 is 96.9. The molecule has 10 nitrogen and oxygen atoms in total. The van der Waals surface area contributed by atoms with Crippen LogP contribution in [0.3, 0.4) is 0 Å². The number of carbonyl (C=O) groups is 2. The van der Waals surface area contributed by atoms with Gasteiger partial charge in [-0.05, 0) is 61.9 Å². The molecule has 0 aliphatic carbocycles. The second-order valence-corrected chi connectivity index (χ2v) is 15.0. The highest BCUT2D eigenvalue weighted by Crippen LogP contribution is 2.37. The molecule has 0 bridgehead atoms. The number of amides is 2. The molecule has 2 aliphatic heterocycles. The summed E-state index contributed by atoms with van der Waals surface area (Å²) in [6.07, 6.45) is -2.73. The monoisotopic (exact) mass is 685 g/mol. The highest BCUT2D eigenvalue weighted by Gasteiger charge is 2.51. The zero-order chi connectivity index (χ0) is 32.6. The van der Waals surface area contributed by atoms with E-state index >= 15 is 0 Å². The van der Waals surface area contributed by atoms with E-state index in [0.717, 1.165) is 12.5 Å². The van der Waals surface area contributed by atoms with E-state index in [1.165, 1.54) is 42.6 Å². The SMILES string of the molecule is O=C(c1ccc(Cl)nc1)[N+]1(C(=O)[C@@H]2CCCN2)CCC(NS(=O)(=O)c2cc(S(=O)(=O)c3ccccc3)ccc2C(F)(F)F)CC1. The number of hydrogen-bond acceptors (Lipinski definition) is 8. The number of benzene rings is 2. The van der Waals surface area contributed by atoms with Crippen LogP contribution in [0.25, 0.3) is 0 Å². The van der Waals surface area contributed by atoms with Crippen molar-refractivity contribution in [2.24, 2.45) is 0 Å². The Balaban J connectivity index is 1.44. The van der Waals surface area contributed by atoms with Crippen molar-refractivity contribution in [2.45, 2.75) is 58.6 Å². The molecule has 2 amide bonds. The third-order valence-corrected chi connectivity index (χ3v) is 11.6. The van der Waals surface area contributed by atoms with Crippen molar-refractivity contribution in [1.82, 2.24) is 15.0 Å². The fraction of sp³-hybridized carbons (Fsp3) is 0.345. The average molecular weight is 686 g/mol. The first-order valence-electron chi connectivity index (χ1n) is 14.0. The molecule has 0 spiro atoms. The molecule has 2 saturated heterocycles. The summed E-state index contributed by atoms with van der Waals surface area (Å²) in [7, 11) is -9.28. The number of rotatable bonds is 7. The first kappa shape index (κ1) is 33.2. The second-order valence-electron chi connectivity index (χ2n) is 10.9. The van der Waals surface area contributed by atoms with E-state index in [2.05, 4.69) is 15.0 Å². The standard InChI is InChI=1S/C29H29ClF3N4O6S2/c30-26-11-8-19(18-35-26)27(38)37(28(39)24-7-4-14-34-24)15-12-20(13-16-37)36-45(42,43)25-17-22(9-10-23(25)29(31,32)33)44(40,41)21-5-2-1-3-6-21/h1-3,5-6,8-11,17-18,20,24,34,36H,4,7,12-16H2/q+1/t20?,24-,37?/m0/s1. The van der Waals surface area contributed by atoms with Crippen LogP contribution in [-0.2, 0) is 30.8 Å². The lowest BCUT2D eigenvalue weighted by Crippen LogP contribution is -2.66. The Morgan fingerprint density at radius 2 is 1.62 bits per heavy atom. The smallest absolute Gasteiger partial charge is 0.302 e. The Morgan fingerprint density at radius 1 is 0.933 bits per heavy atom. The summed E-state index contributed by atoms with van der Waals surface area (Å²) in [5, 5.41) is 3.24. The van der Waals surface area contributed by atoms with Gasteiger partial charge in [0, 0.05) is 25.1 Å². The zero-order valence-electron chi connectivity index (χ0n) is 23.6. The molecular formula is C29H29ClF3N4O6S2+. The highest BCUT2D eigenvalue weighted by atomic mass is 35.5. The normalized spacial score (nSPS) is 22.7. The predicted molar refractivity (Wildman–Crippen MR) is 156 cm³/mol. The molecule has 2 aromatic carbocycles. The van der Waals surface area contributed by atoms with E-state index in [1.54, 1.807) is 6.07 Å². The first-order chi connectivity index (χ1) is 21.1. The first-order valence-corrected chi connectivity index (χ1v) is 17.3. The predicted octanol–water partition coefficient (Wildman–Crippen LogP) is 3.96. The number of hydrogen-bond donors (Lipinski definition) is 2. The Labute approximate surface area is 263 Å². The largest absolute Gasteiger partial charge is 0.417 e. The summed E-state index contributed by atoms with van der Waals surface area (Å²) in [4.78, 5) is 29.4. The van der Waals surface area contributed by atoms with Crippen molar-refractivity contribution < 1.29 is 44.1 Å². The van der Waals surface area contributed by atoms with Crippen LogP contribution in [0.15, 0.2) is 81.5 Å². The van der Waals surface area contributed by atoms with E-state index < -0.39 is 63.9 Å². The van der Waals surface area contributed by atoms with Crippen LogP contribution < -0.4 is 10.0 Å². The fourth-order valence-electron chi connectivity index (χ4n) is 5.74. The Bertz CT molecular complexity index is 1810. The van der Waals surface area contributed by atoms with Gasteiger partial charge in [0.1, 0.15) is 11.2 Å². The van der Waals surface area contributed by atoms with Crippen LogP contribution in [0.1, 0.15) is 41.6 Å². The third-order valence-electron chi connectivity index (χ3n) is 8.10. The van der Waals surface area contributed by atoms with E-state index in [1.807, 2.05) is 0 Å². The van der Waals surface area contributed by atoms with Crippen LogP contribution in [0.4, 0.5) is 13.2 Å². The number of likely N-dealkylation sites (tertiary alicyclic amines) is 1. The molecule has 2 fully saturated rings. The molecule has 2 N–H and O–H groups in total. The van der Waals surface area contributed by atoms with Crippen molar-refractivity contribution in [2.75, 3.05) is 19.6 Å². The van der Waals surface area contributed by atoms with Gasteiger partial charge < -0.3 is 5.32 Å². The van der Waals surface area contributed by atoms with E-state index in [4.69, 9.17) is 11.6 Å². The minimum Gasteiger partial charge on any atom is -0.302 e. The number of nitrogens with one attached hydrogen (secondary N) is 2. The number of alkyl halides is 3. The van der Waals surface area contributed by atoms with Crippen molar-refractivity contribution in [3.8, 4) is 0 Å². The number of nitrogens with zero attached hydrogens (tertiary/aromatic N) is 2. The minimum absolute atomic E-state index is 0.0617. The van der Waals surface area contributed by atoms with Gasteiger partial charge in [0.25, 0.3) is 0 Å². The van der Waals surface area contributed by atoms with Gasteiger partial charge >= 0.3 is 18.0 Å². The number of sulfonamides is 1. The van der Waals surface area contributed by atoms with Crippen molar-refractivity contribution >= 4 is 43.3 Å². The highest BCUT2D eigenvalue weighted by molar-refractivity contribution is 7.91. The maximum Gasteiger partial charge on any atom is 0.417 e. The van der Waals surface area contributed by atoms with Crippen molar-refractivity contribution in [3.63, 3.8) is 0 Å². The number of quaternary nitrogens is 1. The van der Waals surface area contributed by atoms with Crippen molar-refractivity contribution in [1.29, 1.82) is 0 Å². The summed E-state index contributed by atoms with van der Waals surface area (Å²) in [5.41, 5.74) is -1.40. The fourth-order valence-corrected chi connectivity index (χ4v) is 8.79. The molecule has 1 aromatic heterocycles. The van der Waals surface area contributed by atoms with Crippen LogP contribution in [0.5, 0.6) is 0 Å². The molecule has 2 aliphatic rings. The van der Waals surface area contributed by atoms with E-state index in [-0.39, 0.29) is 47.5 Å². The molecule has 45 heavy (non-hydrogen) atoms. The number of aromatic nitrogens is 1. The Morgan fingerprint density at radius 3 is 2.20 bits per heavy atom. The molecule has 0 saturated carbocycles. The van der Waals surface area contributed by atoms with Gasteiger partial charge in [-0.1, -0.05) is 29.8 Å². The molecule has 3 heterocycles. The maximum absolute atomic E-state index is 14.0. The number of piperidine rings is 1. The molecule has 16 heteroatoms. The topological polar surface area (TPSA) is 139 Å². The average Bonchev–Trinajstić information content (AvgIpc) is 3.56. The summed E-state index contributed by atoms with van der Waals surface area (Å²) in [5.74, 6) is -0.927. The third kappa shape index (κ3) is 6.69.